The molecule has 2 nitrogen and oxygen atoms in total. The smallest absolute Gasteiger partial charge is 0.129 e. The van der Waals surface area contributed by atoms with Crippen LogP contribution in [0.3, 0.4) is 0 Å². The number of halogens is 1. The maximum Gasteiger partial charge on any atom is 0.129 e. The highest BCUT2D eigenvalue weighted by Crippen LogP contribution is 2.35. The molecule has 0 amide bonds. The molecule has 0 spiro atoms. The molecule has 2 rings (SSSR count). The minimum atomic E-state index is 0.0650. The van der Waals surface area contributed by atoms with E-state index < -0.39 is 0 Å². The van der Waals surface area contributed by atoms with E-state index in [-0.39, 0.29) is 5.54 Å². The first-order valence-corrected chi connectivity index (χ1v) is 4.45. The zero-order chi connectivity index (χ0) is 8.60. The maximum absolute atomic E-state index is 5.96. The topological polar surface area (TPSA) is 38.9 Å². The molecule has 1 fully saturated rings. The van der Waals surface area contributed by atoms with Gasteiger partial charge in [0.15, 0.2) is 0 Å². The SMILES string of the molecule is NC1(Cc2ccc(Cl)nc2)CC1. The van der Waals surface area contributed by atoms with Gasteiger partial charge in [0.25, 0.3) is 0 Å². The number of rotatable bonds is 2. The summed E-state index contributed by atoms with van der Waals surface area (Å²) in [6.07, 6.45) is 5.00. The van der Waals surface area contributed by atoms with Crippen LogP contribution in [0.25, 0.3) is 0 Å². The van der Waals surface area contributed by atoms with Crippen LogP contribution >= 0.6 is 11.6 Å². The Morgan fingerprint density at radius 3 is 2.75 bits per heavy atom. The van der Waals surface area contributed by atoms with Crippen LogP contribution in [-0.2, 0) is 6.42 Å². The molecule has 1 aliphatic carbocycles. The van der Waals surface area contributed by atoms with Gasteiger partial charge < -0.3 is 5.73 Å². The van der Waals surface area contributed by atoms with Gasteiger partial charge in [0, 0.05) is 11.7 Å². The first kappa shape index (κ1) is 8.02. The lowest BCUT2D eigenvalue weighted by Gasteiger charge is -2.06. The summed E-state index contributed by atoms with van der Waals surface area (Å²) in [7, 11) is 0. The molecule has 64 valence electrons. The Labute approximate surface area is 76.7 Å². The van der Waals surface area contributed by atoms with E-state index in [1.54, 1.807) is 6.20 Å². The first-order valence-electron chi connectivity index (χ1n) is 4.07. The lowest BCUT2D eigenvalue weighted by atomic mass is 10.1. The molecule has 0 unspecified atom stereocenters. The number of nitrogens with two attached hydrogens (primary N) is 1. The molecule has 0 radical (unpaired) electrons. The van der Waals surface area contributed by atoms with Crippen LogP contribution in [0.2, 0.25) is 5.15 Å². The van der Waals surface area contributed by atoms with Crippen molar-refractivity contribution in [2.24, 2.45) is 5.73 Å². The van der Waals surface area contributed by atoms with Crippen molar-refractivity contribution in [1.82, 2.24) is 4.98 Å². The molecule has 1 heterocycles. The predicted molar refractivity (Wildman–Crippen MR) is 49.1 cm³/mol. The molecular formula is C9H11ClN2. The van der Waals surface area contributed by atoms with Crippen LogP contribution in [0.15, 0.2) is 18.3 Å². The van der Waals surface area contributed by atoms with Crippen molar-refractivity contribution in [1.29, 1.82) is 0 Å². The molecular weight excluding hydrogens is 172 g/mol. The Bertz CT molecular complexity index is 277. The molecule has 2 N–H and O–H groups in total. The molecule has 1 aromatic rings. The fourth-order valence-corrected chi connectivity index (χ4v) is 1.37. The maximum atomic E-state index is 5.96. The third kappa shape index (κ3) is 1.76. The van der Waals surface area contributed by atoms with Crippen molar-refractivity contribution in [2.45, 2.75) is 24.8 Å². The second-order valence-electron chi connectivity index (χ2n) is 3.53. The summed E-state index contributed by atoms with van der Waals surface area (Å²) < 4.78 is 0. The highest BCUT2D eigenvalue weighted by atomic mass is 35.5. The van der Waals surface area contributed by atoms with E-state index in [2.05, 4.69) is 4.98 Å². The first-order chi connectivity index (χ1) is 5.68. The highest BCUT2D eigenvalue weighted by Gasteiger charge is 2.37. The van der Waals surface area contributed by atoms with Crippen molar-refractivity contribution < 1.29 is 0 Å². The van der Waals surface area contributed by atoms with Crippen LogP contribution in [0.1, 0.15) is 18.4 Å². The van der Waals surface area contributed by atoms with E-state index in [1.807, 2.05) is 12.1 Å². The van der Waals surface area contributed by atoms with Crippen molar-refractivity contribution in [3.63, 3.8) is 0 Å². The Hall–Kier alpha value is -0.600. The van der Waals surface area contributed by atoms with Gasteiger partial charge in [0.05, 0.1) is 0 Å². The molecule has 1 aliphatic rings. The molecule has 0 saturated heterocycles. The molecule has 3 heteroatoms. The Balaban J connectivity index is 2.08. The highest BCUT2D eigenvalue weighted by molar-refractivity contribution is 6.29. The second kappa shape index (κ2) is 2.71. The van der Waals surface area contributed by atoms with Gasteiger partial charge >= 0.3 is 0 Å². The van der Waals surface area contributed by atoms with Crippen LogP contribution in [0.5, 0.6) is 0 Å². The largest absolute Gasteiger partial charge is 0.325 e. The summed E-state index contributed by atoms with van der Waals surface area (Å²) in [5.74, 6) is 0. The van der Waals surface area contributed by atoms with Crippen molar-refractivity contribution >= 4 is 11.6 Å². The number of hydrogen-bond acceptors (Lipinski definition) is 2. The average Bonchev–Trinajstić information content (AvgIpc) is 2.74. The zero-order valence-corrected chi connectivity index (χ0v) is 7.51. The third-order valence-electron chi connectivity index (χ3n) is 2.24. The number of pyridine rings is 1. The van der Waals surface area contributed by atoms with Crippen LogP contribution in [0.4, 0.5) is 0 Å². The van der Waals surface area contributed by atoms with Gasteiger partial charge in [0.2, 0.25) is 0 Å². The van der Waals surface area contributed by atoms with Gasteiger partial charge in [-0.1, -0.05) is 17.7 Å². The summed E-state index contributed by atoms with van der Waals surface area (Å²) in [5.41, 5.74) is 7.20. The van der Waals surface area contributed by atoms with Gasteiger partial charge in [-0.05, 0) is 30.9 Å². The van der Waals surface area contributed by atoms with E-state index in [4.69, 9.17) is 17.3 Å². The molecule has 0 aromatic carbocycles. The van der Waals surface area contributed by atoms with Crippen LogP contribution < -0.4 is 5.73 Å². The molecule has 1 aromatic heterocycles. The van der Waals surface area contributed by atoms with E-state index in [1.165, 1.54) is 5.56 Å². The van der Waals surface area contributed by atoms with Gasteiger partial charge in [0.1, 0.15) is 5.15 Å². The number of hydrogen-bond donors (Lipinski definition) is 1. The van der Waals surface area contributed by atoms with E-state index >= 15 is 0 Å². The fraction of sp³-hybridized carbons (Fsp3) is 0.444. The summed E-state index contributed by atoms with van der Waals surface area (Å²) in [6, 6.07) is 3.80. The normalized spacial score (nSPS) is 19.2. The Kier molecular flexibility index (Phi) is 1.81. The van der Waals surface area contributed by atoms with E-state index in [9.17, 15) is 0 Å². The fourth-order valence-electron chi connectivity index (χ4n) is 1.25. The van der Waals surface area contributed by atoms with Crippen molar-refractivity contribution in [2.75, 3.05) is 0 Å². The van der Waals surface area contributed by atoms with Crippen LogP contribution in [-0.4, -0.2) is 10.5 Å². The minimum absolute atomic E-state index is 0.0650. The molecule has 0 aliphatic heterocycles. The lowest BCUT2D eigenvalue weighted by Crippen LogP contribution is -2.24. The Morgan fingerprint density at radius 2 is 2.25 bits per heavy atom. The summed E-state index contributed by atoms with van der Waals surface area (Å²) in [6.45, 7) is 0. The van der Waals surface area contributed by atoms with Crippen molar-refractivity contribution in [3.8, 4) is 0 Å². The monoisotopic (exact) mass is 182 g/mol. The predicted octanol–water partition coefficient (Wildman–Crippen LogP) is 1.77. The van der Waals surface area contributed by atoms with E-state index in [0.717, 1.165) is 19.3 Å². The zero-order valence-electron chi connectivity index (χ0n) is 6.76. The minimum Gasteiger partial charge on any atom is -0.325 e. The average molecular weight is 183 g/mol. The molecule has 0 atom stereocenters. The molecule has 0 bridgehead atoms. The summed E-state index contributed by atoms with van der Waals surface area (Å²) >= 11 is 5.66. The summed E-state index contributed by atoms with van der Waals surface area (Å²) in [4.78, 5) is 4.00. The van der Waals surface area contributed by atoms with Gasteiger partial charge in [-0.15, -0.1) is 0 Å². The standard InChI is InChI=1S/C9H11ClN2/c10-8-2-1-7(6-12-8)5-9(11)3-4-9/h1-2,6H,3-5,11H2. The number of nitrogens with zero attached hydrogens (tertiary/aromatic N) is 1. The van der Waals surface area contributed by atoms with Gasteiger partial charge in [-0.2, -0.15) is 0 Å². The molecule has 12 heavy (non-hydrogen) atoms. The Morgan fingerprint density at radius 1 is 1.50 bits per heavy atom. The quantitative estimate of drug-likeness (QED) is 0.709. The van der Waals surface area contributed by atoms with Gasteiger partial charge in [-0.3, -0.25) is 0 Å². The van der Waals surface area contributed by atoms with Crippen LogP contribution in [0, 0.1) is 0 Å². The van der Waals surface area contributed by atoms with Crippen molar-refractivity contribution in [3.05, 3.63) is 29.0 Å². The lowest BCUT2D eigenvalue weighted by molar-refractivity contribution is 0.670. The summed E-state index contributed by atoms with van der Waals surface area (Å²) in [5, 5.41) is 0.542. The van der Waals surface area contributed by atoms with Gasteiger partial charge in [-0.25, -0.2) is 4.98 Å². The second-order valence-corrected chi connectivity index (χ2v) is 3.92. The number of aromatic nitrogens is 1. The molecule has 1 saturated carbocycles. The van der Waals surface area contributed by atoms with E-state index in [0.29, 0.717) is 5.15 Å². The third-order valence-corrected chi connectivity index (χ3v) is 2.46.